The van der Waals surface area contributed by atoms with Gasteiger partial charge in [-0.2, -0.15) is 5.10 Å². The van der Waals surface area contributed by atoms with Gasteiger partial charge in [-0.05, 0) is 31.2 Å². The number of thiazole rings is 1. The van der Waals surface area contributed by atoms with Crippen molar-refractivity contribution in [3.63, 3.8) is 0 Å². The van der Waals surface area contributed by atoms with E-state index in [0.717, 1.165) is 10.2 Å². The number of benzene rings is 2. The van der Waals surface area contributed by atoms with E-state index in [4.69, 9.17) is 0 Å². The summed E-state index contributed by atoms with van der Waals surface area (Å²) in [6.07, 6.45) is 0. The second-order valence-corrected chi connectivity index (χ2v) is 5.49. The van der Waals surface area contributed by atoms with E-state index in [1.54, 1.807) is 31.2 Å². The number of nitrogens with zero attached hydrogens (tertiary/aromatic N) is 4. The Bertz CT molecular complexity index is 823. The number of azo groups is 1. The normalized spacial score (nSPS) is 12.1. The Morgan fingerprint density at radius 2 is 2.05 bits per heavy atom. The number of hydrogen-bond acceptors (Lipinski definition) is 6. The third-order valence-corrected chi connectivity index (χ3v) is 3.68. The maximum Gasteiger partial charge on any atom is 0.231 e. The molecule has 0 saturated carbocycles. The number of para-hydroxylation sites is 1. The first-order chi connectivity index (χ1) is 10.7. The molecule has 0 bridgehead atoms. The molecule has 22 heavy (non-hydrogen) atoms. The molecule has 0 atom stereocenters. The molecule has 0 amide bonds. The standard InChI is InChI=1S/C15H13N5OS/c1-10(17-19-11-5-4-6-12(21)9-11)18-20-15-16-13-7-2-3-8-14(13)22-15/h2-9,19,21H,1H3. The van der Waals surface area contributed by atoms with E-state index in [0.29, 0.717) is 16.7 Å². The van der Waals surface area contributed by atoms with Crippen molar-refractivity contribution in [3.05, 3.63) is 48.5 Å². The van der Waals surface area contributed by atoms with Gasteiger partial charge in [-0.15, -0.1) is 10.2 Å². The molecule has 0 fully saturated rings. The molecule has 110 valence electrons. The largest absolute Gasteiger partial charge is 0.508 e. The zero-order chi connectivity index (χ0) is 15.4. The summed E-state index contributed by atoms with van der Waals surface area (Å²) in [6, 6.07) is 14.5. The number of amidine groups is 1. The lowest BCUT2D eigenvalue weighted by Crippen LogP contribution is -1.93. The number of rotatable bonds is 3. The first-order valence-corrected chi connectivity index (χ1v) is 7.39. The molecule has 7 heteroatoms. The molecule has 0 aliphatic carbocycles. The Morgan fingerprint density at radius 3 is 2.86 bits per heavy atom. The van der Waals surface area contributed by atoms with E-state index in [9.17, 15) is 5.11 Å². The van der Waals surface area contributed by atoms with Gasteiger partial charge in [0, 0.05) is 6.07 Å². The molecule has 0 aliphatic heterocycles. The molecule has 6 nitrogen and oxygen atoms in total. The van der Waals surface area contributed by atoms with Crippen molar-refractivity contribution < 1.29 is 5.11 Å². The third-order valence-electron chi connectivity index (χ3n) is 2.76. The minimum Gasteiger partial charge on any atom is -0.508 e. The first-order valence-electron chi connectivity index (χ1n) is 6.57. The van der Waals surface area contributed by atoms with Crippen LogP contribution in [0, 0.1) is 0 Å². The molecular formula is C15H13N5OS. The van der Waals surface area contributed by atoms with Crippen LogP contribution < -0.4 is 5.43 Å². The second-order valence-electron chi connectivity index (χ2n) is 4.49. The quantitative estimate of drug-likeness (QED) is 0.322. The van der Waals surface area contributed by atoms with Gasteiger partial charge < -0.3 is 5.11 Å². The minimum atomic E-state index is 0.175. The van der Waals surface area contributed by atoms with Gasteiger partial charge in [-0.25, -0.2) is 4.98 Å². The maximum absolute atomic E-state index is 9.36. The average Bonchev–Trinajstić information content (AvgIpc) is 2.94. The van der Waals surface area contributed by atoms with E-state index in [2.05, 4.69) is 25.7 Å². The molecule has 0 spiro atoms. The van der Waals surface area contributed by atoms with Crippen molar-refractivity contribution in [2.45, 2.75) is 6.92 Å². The molecule has 2 N–H and O–H groups in total. The summed E-state index contributed by atoms with van der Waals surface area (Å²) in [7, 11) is 0. The van der Waals surface area contributed by atoms with Gasteiger partial charge >= 0.3 is 0 Å². The highest BCUT2D eigenvalue weighted by molar-refractivity contribution is 7.21. The number of aromatic nitrogens is 1. The average molecular weight is 311 g/mol. The van der Waals surface area contributed by atoms with Crippen LogP contribution in [0.4, 0.5) is 10.8 Å². The Hall–Kier alpha value is -2.80. The molecule has 0 aliphatic rings. The zero-order valence-corrected chi connectivity index (χ0v) is 12.6. The van der Waals surface area contributed by atoms with Crippen LogP contribution in [0.1, 0.15) is 6.92 Å². The van der Waals surface area contributed by atoms with Gasteiger partial charge in [0.15, 0.2) is 5.84 Å². The van der Waals surface area contributed by atoms with Gasteiger partial charge in [0.1, 0.15) is 5.75 Å². The van der Waals surface area contributed by atoms with Crippen LogP contribution in [0.15, 0.2) is 63.9 Å². The van der Waals surface area contributed by atoms with Crippen molar-refractivity contribution in [1.82, 2.24) is 4.98 Å². The summed E-state index contributed by atoms with van der Waals surface area (Å²) < 4.78 is 1.07. The number of aromatic hydroxyl groups is 1. The van der Waals surface area contributed by atoms with Gasteiger partial charge in [0.05, 0.1) is 15.9 Å². The molecule has 0 saturated heterocycles. The van der Waals surface area contributed by atoms with Crippen LogP contribution in [0.25, 0.3) is 10.2 Å². The van der Waals surface area contributed by atoms with Crippen LogP contribution in [0.3, 0.4) is 0 Å². The fourth-order valence-corrected chi connectivity index (χ4v) is 2.55. The third kappa shape index (κ3) is 3.44. The SMILES string of the molecule is CC(N=Nc1nc2ccccc2s1)=NNc1cccc(O)c1. The fraction of sp³-hybridized carbons (Fsp3) is 0.0667. The van der Waals surface area contributed by atoms with Gasteiger partial charge in [0.25, 0.3) is 0 Å². The van der Waals surface area contributed by atoms with Gasteiger partial charge in [-0.3, -0.25) is 5.43 Å². The molecule has 1 heterocycles. The van der Waals surface area contributed by atoms with Crippen molar-refractivity contribution in [2.75, 3.05) is 5.43 Å². The first kappa shape index (κ1) is 14.2. The van der Waals surface area contributed by atoms with Crippen LogP contribution >= 0.6 is 11.3 Å². The highest BCUT2D eigenvalue weighted by atomic mass is 32.1. The predicted molar refractivity (Wildman–Crippen MR) is 89.0 cm³/mol. The van der Waals surface area contributed by atoms with Crippen molar-refractivity contribution >= 4 is 38.2 Å². The molecule has 3 aromatic rings. The second kappa shape index (κ2) is 6.31. The Labute approximate surface area is 130 Å². The lowest BCUT2D eigenvalue weighted by molar-refractivity contribution is 0.475. The van der Waals surface area contributed by atoms with Crippen molar-refractivity contribution in [3.8, 4) is 5.75 Å². The molecule has 0 radical (unpaired) electrons. The Kier molecular flexibility index (Phi) is 4.06. The number of hydrogen-bond donors (Lipinski definition) is 2. The van der Waals surface area contributed by atoms with Crippen LogP contribution in [0.5, 0.6) is 5.75 Å². The van der Waals surface area contributed by atoms with Crippen LogP contribution in [-0.2, 0) is 0 Å². The van der Waals surface area contributed by atoms with E-state index >= 15 is 0 Å². The lowest BCUT2D eigenvalue weighted by atomic mass is 10.3. The van der Waals surface area contributed by atoms with E-state index in [1.165, 1.54) is 11.3 Å². The molecule has 1 aromatic heterocycles. The monoisotopic (exact) mass is 311 g/mol. The Morgan fingerprint density at radius 1 is 1.18 bits per heavy atom. The molecule has 2 aromatic carbocycles. The fourth-order valence-electron chi connectivity index (χ4n) is 1.76. The maximum atomic E-state index is 9.36. The Balaban J connectivity index is 1.69. The number of nitrogens with one attached hydrogen (secondary N) is 1. The number of hydrazone groups is 1. The summed E-state index contributed by atoms with van der Waals surface area (Å²) in [5.74, 6) is 0.636. The number of anilines is 1. The number of phenolic OH excluding ortho intramolecular Hbond substituents is 1. The summed E-state index contributed by atoms with van der Waals surface area (Å²) >= 11 is 1.48. The number of phenols is 1. The predicted octanol–water partition coefficient (Wildman–Crippen LogP) is 4.53. The van der Waals surface area contributed by atoms with E-state index in [-0.39, 0.29) is 5.75 Å². The lowest BCUT2D eigenvalue weighted by Gasteiger charge is -2.00. The van der Waals surface area contributed by atoms with Gasteiger partial charge in [0.2, 0.25) is 5.13 Å². The summed E-state index contributed by atoms with van der Waals surface area (Å²) in [5.41, 5.74) is 4.39. The minimum absolute atomic E-state index is 0.175. The topological polar surface area (TPSA) is 82.2 Å². The highest BCUT2D eigenvalue weighted by Crippen LogP contribution is 2.27. The van der Waals surface area contributed by atoms with Crippen LogP contribution in [0.2, 0.25) is 0 Å². The summed E-state index contributed by atoms with van der Waals surface area (Å²) in [5, 5.41) is 22.1. The molecule has 0 unspecified atom stereocenters. The van der Waals surface area contributed by atoms with Crippen molar-refractivity contribution in [2.24, 2.45) is 15.3 Å². The van der Waals surface area contributed by atoms with Crippen molar-refractivity contribution in [1.29, 1.82) is 0 Å². The number of fused-ring (bicyclic) bond motifs is 1. The molecular weight excluding hydrogens is 298 g/mol. The summed E-state index contributed by atoms with van der Waals surface area (Å²) in [6.45, 7) is 1.73. The molecule has 3 rings (SSSR count). The van der Waals surface area contributed by atoms with Crippen LogP contribution in [-0.4, -0.2) is 15.9 Å². The van der Waals surface area contributed by atoms with E-state index in [1.807, 2.05) is 24.3 Å². The van der Waals surface area contributed by atoms with Gasteiger partial charge in [-0.1, -0.05) is 29.5 Å². The smallest absolute Gasteiger partial charge is 0.231 e. The van der Waals surface area contributed by atoms with E-state index < -0.39 is 0 Å². The zero-order valence-electron chi connectivity index (χ0n) is 11.8. The highest BCUT2D eigenvalue weighted by Gasteiger charge is 2.01. The summed E-state index contributed by atoms with van der Waals surface area (Å²) in [4.78, 5) is 4.36.